The number of halogens is 2. The Morgan fingerprint density at radius 1 is 1.13 bits per heavy atom. The molecule has 5 nitrogen and oxygen atoms in total. The summed E-state index contributed by atoms with van der Waals surface area (Å²) in [4.78, 5) is 23.5. The molecule has 0 aromatic heterocycles. The van der Waals surface area contributed by atoms with Crippen LogP contribution >= 0.6 is 22.6 Å². The van der Waals surface area contributed by atoms with Crippen molar-refractivity contribution in [1.29, 1.82) is 0 Å². The molecule has 0 aliphatic carbocycles. The summed E-state index contributed by atoms with van der Waals surface area (Å²) >= 11 is 2.05. The number of amides is 2. The molecule has 0 saturated carbocycles. The highest BCUT2D eigenvalue weighted by molar-refractivity contribution is 14.1. The van der Waals surface area contributed by atoms with Crippen LogP contribution in [0, 0.1) is 9.39 Å². The first-order chi connectivity index (χ1) is 11.1. The molecule has 0 saturated heterocycles. The van der Waals surface area contributed by atoms with Gasteiger partial charge in [0.25, 0.3) is 11.8 Å². The van der Waals surface area contributed by atoms with E-state index in [1.54, 1.807) is 12.1 Å². The van der Waals surface area contributed by atoms with E-state index < -0.39 is 5.91 Å². The molecule has 0 radical (unpaired) electrons. The maximum atomic E-state index is 12.7. The number of carbonyl (C=O) groups excluding carboxylic acids is 2. The molecule has 0 bridgehead atoms. The summed E-state index contributed by atoms with van der Waals surface area (Å²) in [6, 6.07) is 12.7. The van der Waals surface area contributed by atoms with Crippen molar-refractivity contribution in [2.24, 2.45) is 5.10 Å². The number of nitrogens with one attached hydrogen (secondary N) is 2. The lowest BCUT2D eigenvalue weighted by Gasteiger charge is -2.05. The predicted octanol–water partition coefficient (Wildman–Crippen LogP) is 2.31. The van der Waals surface area contributed by atoms with Crippen molar-refractivity contribution >= 4 is 40.6 Å². The molecule has 0 fully saturated rings. The minimum atomic E-state index is -0.456. The lowest BCUT2D eigenvalue weighted by atomic mass is 10.2. The van der Waals surface area contributed by atoms with Gasteiger partial charge in [-0.15, -0.1) is 0 Å². The maximum Gasteiger partial charge on any atom is 0.259 e. The summed E-state index contributed by atoms with van der Waals surface area (Å²) in [7, 11) is 0. The zero-order valence-electron chi connectivity index (χ0n) is 11.9. The van der Waals surface area contributed by atoms with Gasteiger partial charge in [-0.2, -0.15) is 5.10 Å². The van der Waals surface area contributed by atoms with Crippen molar-refractivity contribution in [3.63, 3.8) is 0 Å². The number of nitrogens with zero attached hydrogens (tertiary/aromatic N) is 1. The molecule has 2 rings (SSSR count). The summed E-state index contributed by atoms with van der Waals surface area (Å²) in [5, 5.41) is 6.26. The first-order valence-electron chi connectivity index (χ1n) is 6.66. The maximum absolute atomic E-state index is 12.7. The van der Waals surface area contributed by atoms with E-state index in [2.05, 4.69) is 38.4 Å². The van der Waals surface area contributed by atoms with E-state index >= 15 is 0 Å². The predicted molar refractivity (Wildman–Crippen MR) is 93.6 cm³/mol. The fraction of sp³-hybridized carbons (Fsp3) is 0.0625. The van der Waals surface area contributed by atoms with Crippen LogP contribution in [-0.4, -0.2) is 24.6 Å². The topological polar surface area (TPSA) is 70.6 Å². The van der Waals surface area contributed by atoms with Crippen LogP contribution in [0.15, 0.2) is 53.6 Å². The standard InChI is InChI=1S/C16H13FIN3O2/c17-12-7-5-11(6-8-12)9-20-21-15(22)10-19-16(23)13-3-1-2-4-14(13)18/h1-9H,10H2,(H,19,23)(H,21,22)/b20-9-. The minimum Gasteiger partial charge on any atom is -0.343 e. The number of carbonyl (C=O) groups is 2. The Bertz CT molecular complexity index is 732. The monoisotopic (exact) mass is 425 g/mol. The molecule has 2 N–H and O–H groups in total. The van der Waals surface area contributed by atoms with Gasteiger partial charge in [0.05, 0.1) is 18.3 Å². The third-order valence-corrected chi connectivity index (χ3v) is 3.74. The second-order valence-corrected chi connectivity index (χ2v) is 5.67. The molecule has 0 aliphatic heterocycles. The van der Waals surface area contributed by atoms with E-state index in [9.17, 15) is 14.0 Å². The Labute approximate surface area is 146 Å². The normalized spacial score (nSPS) is 10.5. The van der Waals surface area contributed by atoms with Gasteiger partial charge in [0.15, 0.2) is 0 Å². The number of hydrazone groups is 1. The SMILES string of the molecule is O=C(CNC(=O)c1ccccc1I)N/N=C\c1ccc(F)cc1. The second-order valence-electron chi connectivity index (χ2n) is 4.51. The van der Waals surface area contributed by atoms with Gasteiger partial charge in [-0.25, -0.2) is 9.82 Å². The summed E-state index contributed by atoms with van der Waals surface area (Å²) < 4.78 is 13.5. The van der Waals surface area contributed by atoms with E-state index in [4.69, 9.17) is 0 Å². The van der Waals surface area contributed by atoms with E-state index in [1.165, 1.54) is 30.5 Å². The summed E-state index contributed by atoms with van der Waals surface area (Å²) in [6.45, 7) is -0.190. The molecule has 23 heavy (non-hydrogen) atoms. The largest absolute Gasteiger partial charge is 0.343 e. The third-order valence-electron chi connectivity index (χ3n) is 2.80. The van der Waals surface area contributed by atoms with Gasteiger partial charge in [-0.05, 0) is 52.4 Å². The molecular formula is C16H13FIN3O2. The minimum absolute atomic E-state index is 0.190. The van der Waals surface area contributed by atoms with Crippen LogP contribution in [0.2, 0.25) is 0 Å². The van der Waals surface area contributed by atoms with Gasteiger partial charge in [0, 0.05) is 3.57 Å². The number of hydrogen-bond acceptors (Lipinski definition) is 3. The zero-order valence-corrected chi connectivity index (χ0v) is 14.1. The van der Waals surface area contributed by atoms with Crippen LogP contribution in [0.3, 0.4) is 0 Å². The van der Waals surface area contributed by atoms with Crippen molar-refractivity contribution in [2.75, 3.05) is 6.54 Å². The molecule has 118 valence electrons. The summed E-state index contributed by atoms with van der Waals surface area (Å²) in [5.41, 5.74) is 3.45. The fourth-order valence-corrected chi connectivity index (χ4v) is 2.30. The van der Waals surface area contributed by atoms with Gasteiger partial charge in [-0.1, -0.05) is 24.3 Å². The van der Waals surface area contributed by atoms with Gasteiger partial charge in [0.2, 0.25) is 0 Å². The van der Waals surface area contributed by atoms with Crippen LogP contribution in [0.4, 0.5) is 4.39 Å². The molecule has 0 heterocycles. The number of hydrogen-bond donors (Lipinski definition) is 2. The van der Waals surface area contributed by atoms with Crippen LogP contribution in [-0.2, 0) is 4.79 Å². The highest BCUT2D eigenvalue weighted by Gasteiger charge is 2.10. The Morgan fingerprint density at radius 2 is 1.83 bits per heavy atom. The van der Waals surface area contributed by atoms with Crippen molar-refractivity contribution in [2.45, 2.75) is 0 Å². The summed E-state index contributed by atoms with van der Waals surface area (Å²) in [5.74, 6) is -1.13. The Kier molecular flexibility index (Phi) is 6.21. The number of rotatable bonds is 5. The second kappa shape index (κ2) is 8.37. The highest BCUT2D eigenvalue weighted by atomic mass is 127. The molecule has 2 aromatic rings. The lowest BCUT2D eigenvalue weighted by molar-refractivity contribution is -0.120. The van der Waals surface area contributed by atoms with Crippen molar-refractivity contribution in [1.82, 2.24) is 10.7 Å². The van der Waals surface area contributed by atoms with Crippen molar-refractivity contribution < 1.29 is 14.0 Å². The number of benzene rings is 2. The molecule has 2 aromatic carbocycles. The van der Waals surface area contributed by atoms with Gasteiger partial charge in [0.1, 0.15) is 5.82 Å². The van der Waals surface area contributed by atoms with E-state index in [1.807, 2.05) is 12.1 Å². The van der Waals surface area contributed by atoms with Crippen LogP contribution in [0.25, 0.3) is 0 Å². The Hall–Kier alpha value is -2.29. The quantitative estimate of drug-likeness (QED) is 0.439. The first kappa shape index (κ1) is 17.1. The molecule has 0 unspecified atom stereocenters. The zero-order chi connectivity index (χ0) is 16.7. The van der Waals surface area contributed by atoms with Crippen molar-refractivity contribution in [3.8, 4) is 0 Å². The van der Waals surface area contributed by atoms with Gasteiger partial charge >= 0.3 is 0 Å². The van der Waals surface area contributed by atoms with E-state index in [0.29, 0.717) is 11.1 Å². The van der Waals surface area contributed by atoms with Gasteiger partial charge < -0.3 is 5.32 Å². The Morgan fingerprint density at radius 3 is 2.52 bits per heavy atom. The van der Waals surface area contributed by atoms with Crippen LogP contribution in [0.5, 0.6) is 0 Å². The average Bonchev–Trinajstić information content (AvgIpc) is 2.55. The Balaban J connectivity index is 1.80. The first-order valence-corrected chi connectivity index (χ1v) is 7.74. The van der Waals surface area contributed by atoms with E-state index in [-0.39, 0.29) is 18.3 Å². The molecule has 0 spiro atoms. The van der Waals surface area contributed by atoms with E-state index in [0.717, 1.165) is 3.57 Å². The third kappa shape index (κ3) is 5.44. The molecular weight excluding hydrogens is 412 g/mol. The van der Waals surface area contributed by atoms with Crippen LogP contribution < -0.4 is 10.7 Å². The highest BCUT2D eigenvalue weighted by Crippen LogP contribution is 2.10. The molecule has 0 aliphatic rings. The average molecular weight is 425 g/mol. The molecule has 7 heteroatoms. The van der Waals surface area contributed by atoms with Crippen molar-refractivity contribution in [3.05, 3.63) is 69.0 Å². The van der Waals surface area contributed by atoms with Crippen LogP contribution in [0.1, 0.15) is 15.9 Å². The molecule has 0 atom stereocenters. The smallest absolute Gasteiger partial charge is 0.259 e. The van der Waals surface area contributed by atoms with Gasteiger partial charge in [-0.3, -0.25) is 9.59 Å². The lowest BCUT2D eigenvalue weighted by Crippen LogP contribution is -2.35. The summed E-state index contributed by atoms with van der Waals surface area (Å²) in [6.07, 6.45) is 1.39. The fourth-order valence-electron chi connectivity index (χ4n) is 1.67. The molecule has 2 amide bonds.